The summed E-state index contributed by atoms with van der Waals surface area (Å²) >= 11 is 0. The summed E-state index contributed by atoms with van der Waals surface area (Å²) in [5.74, 6) is -3.16. The van der Waals surface area contributed by atoms with Crippen molar-refractivity contribution in [3.63, 3.8) is 0 Å². The molecule has 1 aliphatic heterocycles. The molecule has 2 rings (SSSR count). The average Bonchev–Trinajstić information content (AvgIpc) is 2.70. The van der Waals surface area contributed by atoms with Gasteiger partial charge in [0.15, 0.2) is 5.75 Å². The van der Waals surface area contributed by atoms with E-state index in [1.54, 1.807) is 0 Å². The number of amides is 1. The number of carbonyl (C=O) groups excluding carboxylic acids is 1. The Labute approximate surface area is 111 Å². The molecule has 0 spiro atoms. The van der Waals surface area contributed by atoms with Crippen LogP contribution in [0.4, 0.5) is 18.9 Å². The highest BCUT2D eigenvalue weighted by Gasteiger charge is 2.38. The van der Waals surface area contributed by atoms with Crippen molar-refractivity contribution in [1.82, 2.24) is 0 Å². The Morgan fingerprint density at radius 2 is 2.00 bits per heavy atom. The lowest BCUT2D eigenvalue weighted by Gasteiger charge is -2.20. The van der Waals surface area contributed by atoms with Crippen LogP contribution in [-0.4, -0.2) is 29.9 Å². The Kier molecular flexibility index (Phi) is 3.56. The number of halogens is 3. The highest BCUT2D eigenvalue weighted by Crippen LogP contribution is 2.35. The predicted octanol–water partition coefficient (Wildman–Crippen LogP) is 2.02. The number of carboxylic acid groups (broad SMARTS) is 1. The van der Waals surface area contributed by atoms with Crippen molar-refractivity contribution in [2.24, 2.45) is 5.92 Å². The lowest BCUT2D eigenvalue weighted by molar-refractivity contribution is -0.274. The van der Waals surface area contributed by atoms with E-state index in [2.05, 4.69) is 4.74 Å². The van der Waals surface area contributed by atoms with Crippen LogP contribution in [0, 0.1) is 5.92 Å². The Balaban J connectivity index is 2.29. The molecule has 108 valence electrons. The van der Waals surface area contributed by atoms with Gasteiger partial charge in [0.05, 0.1) is 11.6 Å². The predicted molar refractivity (Wildman–Crippen MR) is 61.2 cm³/mol. The largest absolute Gasteiger partial charge is 0.573 e. The highest BCUT2D eigenvalue weighted by molar-refractivity contribution is 6.00. The first-order valence-corrected chi connectivity index (χ1v) is 5.66. The number of hydrogen-bond donors (Lipinski definition) is 1. The zero-order valence-corrected chi connectivity index (χ0v) is 10.1. The molecule has 0 saturated carbocycles. The van der Waals surface area contributed by atoms with Gasteiger partial charge < -0.3 is 14.7 Å². The van der Waals surface area contributed by atoms with Crippen LogP contribution in [0.25, 0.3) is 0 Å². The minimum Gasteiger partial charge on any atom is -0.481 e. The molecule has 1 aromatic carbocycles. The van der Waals surface area contributed by atoms with Gasteiger partial charge in [-0.05, 0) is 12.1 Å². The number of benzene rings is 1. The van der Waals surface area contributed by atoms with Crippen molar-refractivity contribution in [2.45, 2.75) is 12.8 Å². The van der Waals surface area contributed by atoms with Gasteiger partial charge in [-0.3, -0.25) is 9.59 Å². The maximum atomic E-state index is 12.3. The lowest BCUT2D eigenvalue weighted by atomic mass is 10.1. The normalized spacial score (nSPS) is 19.2. The van der Waals surface area contributed by atoms with Gasteiger partial charge in [-0.25, -0.2) is 0 Å². The third-order valence-corrected chi connectivity index (χ3v) is 2.86. The van der Waals surface area contributed by atoms with Crippen LogP contribution in [0.1, 0.15) is 6.42 Å². The number of hydrogen-bond acceptors (Lipinski definition) is 3. The molecule has 1 unspecified atom stereocenters. The van der Waals surface area contributed by atoms with E-state index in [4.69, 9.17) is 5.11 Å². The molecule has 1 aliphatic rings. The number of rotatable bonds is 3. The molecule has 8 heteroatoms. The number of para-hydroxylation sites is 2. The minimum absolute atomic E-state index is 0.0847. The second-order valence-corrected chi connectivity index (χ2v) is 4.26. The van der Waals surface area contributed by atoms with Gasteiger partial charge in [0.1, 0.15) is 0 Å². The summed E-state index contributed by atoms with van der Waals surface area (Å²) in [6, 6.07) is 5.13. The van der Waals surface area contributed by atoms with Crippen LogP contribution in [-0.2, 0) is 9.59 Å². The smallest absolute Gasteiger partial charge is 0.481 e. The fourth-order valence-electron chi connectivity index (χ4n) is 2.00. The molecule has 20 heavy (non-hydrogen) atoms. The molecular weight excluding hydrogens is 279 g/mol. The summed E-state index contributed by atoms with van der Waals surface area (Å²) in [6.45, 7) is -0.174. The summed E-state index contributed by atoms with van der Waals surface area (Å²) in [6.07, 6.45) is -5.12. The number of carboxylic acids is 1. The molecule has 0 bridgehead atoms. The number of alkyl halides is 3. The Bertz CT molecular complexity index is 544. The van der Waals surface area contributed by atoms with E-state index in [1.165, 1.54) is 18.2 Å². The van der Waals surface area contributed by atoms with Crippen LogP contribution < -0.4 is 9.64 Å². The van der Waals surface area contributed by atoms with Crippen LogP contribution in [0.15, 0.2) is 24.3 Å². The minimum atomic E-state index is -4.88. The fourth-order valence-corrected chi connectivity index (χ4v) is 2.00. The standard InChI is InChI=1S/C12H10F3NO4/c13-12(14,15)20-9-4-2-1-3-8(9)16-6-7(11(18)19)5-10(16)17/h1-4,7H,5-6H2,(H,18,19). The van der Waals surface area contributed by atoms with Crippen molar-refractivity contribution in [3.05, 3.63) is 24.3 Å². The third kappa shape index (κ3) is 3.01. The average molecular weight is 289 g/mol. The first kappa shape index (κ1) is 14.2. The van der Waals surface area contributed by atoms with Gasteiger partial charge in [-0.2, -0.15) is 0 Å². The third-order valence-electron chi connectivity index (χ3n) is 2.86. The molecule has 1 aromatic rings. The van der Waals surface area contributed by atoms with E-state index in [0.29, 0.717) is 0 Å². The first-order valence-electron chi connectivity index (χ1n) is 5.66. The quantitative estimate of drug-likeness (QED) is 0.924. The SMILES string of the molecule is O=C(O)C1CC(=O)N(c2ccccc2OC(F)(F)F)C1. The van der Waals surface area contributed by atoms with E-state index in [1.807, 2.05) is 0 Å². The Morgan fingerprint density at radius 3 is 2.55 bits per heavy atom. The number of carbonyl (C=O) groups is 2. The lowest BCUT2D eigenvalue weighted by Crippen LogP contribution is -2.27. The van der Waals surface area contributed by atoms with Gasteiger partial charge in [-0.15, -0.1) is 13.2 Å². The van der Waals surface area contributed by atoms with E-state index in [0.717, 1.165) is 11.0 Å². The van der Waals surface area contributed by atoms with Gasteiger partial charge >= 0.3 is 12.3 Å². The molecule has 1 fully saturated rings. The highest BCUT2D eigenvalue weighted by atomic mass is 19.4. The van der Waals surface area contributed by atoms with Crippen molar-refractivity contribution in [3.8, 4) is 5.75 Å². The summed E-state index contributed by atoms with van der Waals surface area (Å²) in [4.78, 5) is 23.6. The van der Waals surface area contributed by atoms with Gasteiger partial charge in [0.2, 0.25) is 5.91 Å². The van der Waals surface area contributed by atoms with Crippen molar-refractivity contribution >= 4 is 17.6 Å². The molecule has 0 aromatic heterocycles. The van der Waals surface area contributed by atoms with Crippen molar-refractivity contribution < 1.29 is 32.6 Å². The molecule has 5 nitrogen and oxygen atoms in total. The zero-order chi connectivity index (χ0) is 14.9. The van der Waals surface area contributed by atoms with Gasteiger partial charge in [-0.1, -0.05) is 12.1 Å². The van der Waals surface area contributed by atoms with E-state index >= 15 is 0 Å². The summed E-state index contributed by atoms with van der Waals surface area (Å²) < 4.78 is 40.7. The topological polar surface area (TPSA) is 66.8 Å². The molecule has 1 N–H and O–H groups in total. The van der Waals surface area contributed by atoms with Crippen molar-refractivity contribution in [2.75, 3.05) is 11.4 Å². The maximum Gasteiger partial charge on any atom is 0.573 e. The number of ether oxygens (including phenoxy) is 1. The van der Waals surface area contributed by atoms with Crippen LogP contribution >= 0.6 is 0 Å². The number of nitrogens with zero attached hydrogens (tertiary/aromatic N) is 1. The van der Waals surface area contributed by atoms with E-state index in [9.17, 15) is 22.8 Å². The molecule has 1 atom stereocenters. The van der Waals surface area contributed by atoms with Gasteiger partial charge in [0.25, 0.3) is 0 Å². The number of anilines is 1. The van der Waals surface area contributed by atoms with Crippen LogP contribution in [0.5, 0.6) is 5.75 Å². The fraction of sp³-hybridized carbons (Fsp3) is 0.333. The van der Waals surface area contributed by atoms with Gasteiger partial charge in [0, 0.05) is 13.0 Å². The van der Waals surface area contributed by atoms with Crippen molar-refractivity contribution in [1.29, 1.82) is 0 Å². The zero-order valence-electron chi connectivity index (χ0n) is 10.1. The number of aliphatic carboxylic acids is 1. The summed E-state index contributed by atoms with van der Waals surface area (Å²) in [5, 5.41) is 8.86. The monoisotopic (exact) mass is 289 g/mol. The molecule has 0 radical (unpaired) electrons. The van der Waals surface area contributed by atoms with Crippen LogP contribution in [0.3, 0.4) is 0 Å². The maximum absolute atomic E-state index is 12.3. The molecule has 1 heterocycles. The Hall–Kier alpha value is -2.25. The van der Waals surface area contributed by atoms with E-state index < -0.39 is 29.9 Å². The first-order chi connectivity index (χ1) is 9.28. The second kappa shape index (κ2) is 5.03. The summed E-state index contributed by atoms with van der Waals surface area (Å²) in [5.41, 5.74) is -0.0847. The molecular formula is C12H10F3NO4. The second-order valence-electron chi connectivity index (χ2n) is 4.26. The molecule has 1 amide bonds. The van der Waals surface area contributed by atoms with Crippen LogP contribution in [0.2, 0.25) is 0 Å². The Morgan fingerprint density at radius 1 is 1.35 bits per heavy atom. The molecule has 0 aliphatic carbocycles. The molecule has 1 saturated heterocycles. The van der Waals surface area contributed by atoms with E-state index in [-0.39, 0.29) is 18.7 Å². The summed E-state index contributed by atoms with van der Waals surface area (Å²) in [7, 11) is 0.